The van der Waals surface area contributed by atoms with Crippen LogP contribution in [0.4, 0.5) is 0 Å². The Morgan fingerprint density at radius 3 is 1.79 bits per heavy atom. The summed E-state index contributed by atoms with van der Waals surface area (Å²) in [6, 6.07) is 3.36. The molecule has 4 nitrogen and oxygen atoms in total. The average Bonchev–Trinajstić information content (AvgIpc) is 2.67. The summed E-state index contributed by atoms with van der Waals surface area (Å²) >= 11 is 0. The van der Waals surface area contributed by atoms with E-state index in [2.05, 4.69) is 27.7 Å². The van der Waals surface area contributed by atoms with Gasteiger partial charge in [-0.1, -0.05) is 85.1 Å². The van der Waals surface area contributed by atoms with Crippen LogP contribution in [0, 0.1) is 11.8 Å². The van der Waals surface area contributed by atoms with Crippen molar-refractivity contribution in [3.8, 4) is 0 Å². The Balaban J connectivity index is 3.35. The summed E-state index contributed by atoms with van der Waals surface area (Å²) in [7, 11) is 0. The van der Waals surface area contributed by atoms with E-state index in [-0.39, 0.29) is 11.1 Å². The Kier molecular flexibility index (Phi) is 10.9. The Bertz CT molecular complexity index is 636. The molecule has 158 valence electrons. The molecular weight excluding hydrogens is 352 g/mol. The number of unbranched alkanes of at least 4 members (excludes halogenated alkanes) is 2. The Labute approximate surface area is 170 Å². The normalized spacial score (nSPS) is 13.3. The van der Waals surface area contributed by atoms with E-state index in [1.165, 1.54) is 0 Å². The molecule has 28 heavy (non-hydrogen) atoms. The molecular formula is C24H38O4. The summed E-state index contributed by atoms with van der Waals surface area (Å²) in [5.41, 5.74) is 1.70. The van der Waals surface area contributed by atoms with Crippen LogP contribution in [0.5, 0.6) is 0 Å². The van der Waals surface area contributed by atoms with Crippen LogP contribution >= 0.6 is 0 Å². The third kappa shape index (κ3) is 6.96. The predicted molar refractivity (Wildman–Crippen MR) is 114 cm³/mol. The molecule has 0 amide bonds. The quantitative estimate of drug-likeness (QED) is 0.375. The Morgan fingerprint density at radius 2 is 1.36 bits per heavy atom. The molecule has 0 bridgehead atoms. The van der Waals surface area contributed by atoms with E-state index in [0.717, 1.165) is 56.9 Å². The zero-order chi connectivity index (χ0) is 21.1. The van der Waals surface area contributed by atoms with E-state index in [4.69, 9.17) is 0 Å². The van der Waals surface area contributed by atoms with Gasteiger partial charge in [0.05, 0.1) is 11.1 Å². The van der Waals surface area contributed by atoms with Gasteiger partial charge < -0.3 is 10.2 Å². The van der Waals surface area contributed by atoms with Crippen LogP contribution in [0.1, 0.15) is 111 Å². The first-order valence-corrected chi connectivity index (χ1v) is 11.0. The molecule has 0 fully saturated rings. The molecule has 0 radical (unpaired) electrons. The van der Waals surface area contributed by atoms with Crippen LogP contribution in [0.2, 0.25) is 0 Å². The van der Waals surface area contributed by atoms with E-state index in [1.54, 1.807) is 12.1 Å². The van der Waals surface area contributed by atoms with Crippen LogP contribution in [0.15, 0.2) is 12.1 Å². The lowest BCUT2D eigenvalue weighted by Crippen LogP contribution is -2.18. The zero-order valence-corrected chi connectivity index (χ0v) is 18.1. The van der Waals surface area contributed by atoms with E-state index in [9.17, 15) is 19.8 Å². The highest BCUT2D eigenvalue weighted by atomic mass is 16.4. The highest BCUT2D eigenvalue weighted by molar-refractivity contribution is 5.97. The molecule has 1 aromatic carbocycles. The second-order valence-corrected chi connectivity index (χ2v) is 7.98. The number of hydrogen-bond acceptors (Lipinski definition) is 2. The Morgan fingerprint density at radius 1 is 0.821 bits per heavy atom. The van der Waals surface area contributed by atoms with E-state index in [1.807, 2.05) is 0 Å². The fourth-order valence-corrected chi connectivity index (χ4v) is 4.03. The number of carboxylic acid groups (broad SMARTS) is 2. The second-order valence-electron chi connectivity index (χ2n) is 7.98. The third-order valence-corrected chi connectivity index (χ3v) is 5.93. The summed E-state index contributed by atoms with van der Waals surface area (Å²) < 4.78 is 0. The van der Waals surface area contributed by atoms with Crippen molar-refractivity contribution in [2.75, 3.05) is 0 Å². The molecule has 2 unspecified atom stereocenters. The molecule has 4 heteroatoms. The second kappa shape index (κ2) is 12.6. The van der Waals surface area contributed by atoms with Gasteiger partial charge in [0, 0.05) is 0 Å². The maximum absolute atomic E-state index is 12.2. The van der Waals surface area contributed by atoms with Gasteiger partial charge in [0.1, 0.15) is 0 Å². The predicted octanol–water partition coefficient (Wildman–Crippen LogP) is 6.60. The molecule has 1 rings (SSSR count). The SMILES string of the molecule is CCCCC(CC)Cc1ccc(C(=O)O)c(CC(CC)CCCC)c1C(=O)O. The largest absolute Gasteiger partial charge is 0.478 e. The standard InChI is InChI=1S/C24H38O4/c1-5-9-11-17(7-3)15-19-13-14-20(23(25)26)21(22(19)24(27)28)16-18(8-4)12-10-6-2/h13-14,17-18H,5-12,15-16H2,1-4H3,(H,25,26)(H,27,28). The van der Waals surface area contributed by atoms with Gasteiger partial charge in [-0.15, -0.1) is 0 Å². The minimum Gasteiger partial charge on any atom is -0.478 e. The molecule has 0 aliphatic rings. The minimum absolute atomic E-state index is 0.151. The van der Waals surface area contributed by atoms with Crippen molar-refractivity contribution in [1.29, 1.82) is 0 Å². The van der Waals surface area contributed by atoms with Gasteiger partial charge >= 0.3 is 11.9 Å². The van der Waals surface area contributed by atoms with Gasteiger partial charge in [-0.05, 0) is 41.9 Å². The van der Waals surface area contributed by atoms with Gasteiger partial charge in [0.2, 0.25) is 0 Å². The highest BCUT2D eigenvalue weighted by Gasteiger charge is 2.25. The van der Waals surface area contributed by atoms with Crippen LogP contribution < -0.4 is 0 Å². The van der Waals surface area contributed by atoms with Gasteiger partial charge in [0.25, 0.3) is 0 Å². The number of benzene rings is 1. The monoisotopic (exact) mass is 390 g/mol. The fourth-order valence-electron chi connectivity index (χ4n) is 4.03. The van der Waals surface area contributed by atoms with Gasteiger partial charge in [0.15, 0.2) is 0 Å². The number of hydrogen-bond donors (Lipinski definition) is 2. The molecule has 0 aliphatic heterocycles. The lowest BCUT2D eigenvalue weighted by molar-refractivity contribution is 0.0693. The molecule has 1 aromatic rings. The summed E-state index contributed by atoms with van der Waals surface area (Å²) in [5.74, 6) is -1.28. The number of aromatic carboxylic acids is 2. The van der Waals surface area contributed by atoms with Crippen LogP contribution in [0.3, 0.4) is 0 Å². The van der Waals surface area contributed by atoms with Crippen molar-refractivity contribution >= 4 is 11.9 Å². The summed E-state index contributed by atoms with van der Waals surface area (Å²) in [6.45, 7) is 8.55. The molecule has 0 heterocycles. The number of rotatable bonds is 14. The van der Waals surface area contributed by atoms with Crippen LogP contribution in [-0.4, -0.2) is 22.2 Å². The minimum atomic E-state index is -1.03. The summed E-state index contributed by atoms with van der Waals surface area (Å²) in [6.07, 6.45) is 9.67. The van der Waals surface area contributed by atoms with Gasteiger partial charge in [-0.3, -0.25) is 0 Å². The smallest absolute Gasteiger partial charge is 0.336 e. The lowest BCUT2D eigenvalue weighted by Gasteiger charge is -2.22. The average molecular weight is 391 g/mol. The topological polar surface area (TPSA) is 74.6 Å². The molecule has 0 saturated heterocycles. The van der Waals surface area contributed by atoms with Gasteiger partial charge in [-0.25, -0.2) is 9.59 Å². The van der Waals surface area contributed by atoms with Crippen LogP contribution in [0.25, 0.3) is 0 Å². The van der Waals surface area contributed by atoms with E-state index >= 15 is 0 Å². The fraction of sp³-hybridized carbons (Fsp3) is 0.667. The first kappa shape index (κ1) is 24.2. The molecule has 0 aliphatic carbocycles. The van der Waals surface area contributed by atoms with E-state index < -0.39 is 11.9 Å². The van der Waals surface area contributed by atoms with Crippen molar-refractivity contribution < 1.29 is 19.8 Å². The van der Waals surface area contributed by atoms with Crippen molar-refractivity contribution in [1.82, 2.24) is 0 Å². The molecule has 0 aromatic heterocycles. The van der Waals surface area contributed by atoms with Crippen molar-refractivity contribution in [2.24, 2.45) is 11.8 Å². The highest BCUT2D eigenvalue weighted by Crippen LogP contribution is 2.29. The maximum Gasteiger partial charge on any atom is 0.336 e. The molecule has 0 spiro atoms. The first-order chi connectivity index (χ1) is 13.4. The number of carbonyl (C=O) groups is 2. The van der Waals surface area contributed by atoms with Crippen LogP contribution in [-0.2, 0) is 12.8 Å². The maximum atomic E-state index is 12.2. The van der Waals surface area contributed by atoms with Crippen molar-refractivity contribution in [3.63, 3.8) is 0 Å². The van der Waals surface area contributed by atoms with Crippen molar-refractivity contribution in [2.45, 2.75) is 91.9 Å². The van der Waals surface area contributed by atoms with E-state index in [0.29, 0.717) is 30.2 Å². The Hall–Kier alpha value is -1.84. The number of carboxylic acids is 2. The van der Waals surface area contributed by atoms with Gasteiger partial charge in [-0.2, -0.15) is 0 Å². The lowest BCUT2D eigenvalue weighted by atomic mass is 9.83. The summed E-state index contributed by atoms with van der Waals surface area (Å²) in [5, 5.41) is 19.7. The zero-order valence-electron chi connectivity index (χ0n) is 18.1. The molecule has 2 atom stereocenters. The molecule has 0 saturated carbocycles. The summed E-state index contributed by atoms with van der Waals surface area (Å²) in [4.78, 5) is 24.0. The third-order valence-electron chi connectivity index (χ3n) is 5.93. The molecule has 2 N–H and O–H groups in total. The van der Waals surface area contributed by atoms with Crippen molar-refractivity contribution in [3.05, 3.63) is 34.4 Å². The first-order valence-electron chi connectivity index (χ1n) is 11.0.